The van der Waals surface area contributed by atoms with Crippen molar-refractivity contribution >= 4 is 33.1 Å². The summed E-state index contributed by atoms with van der Waals surface area (Å²) in [5.74, 6) is 0.415. The van der Waals surface area contributed by atoms with Crippen molar-refractivity contribution in [2.24, 2.45) is 0 Å². The van der Waals surface area contributed by atoms with Gasteiger partial charge in [0.15, 0.2) is 0 Å². The maximum absolute atomic E-state index is 13.4. The first-order valence-corrected chi connectivity index (χ1v) is 10.8. The fourth-order valence-electron chi connectivity index (χ4n) is 3.89. The Hall–Kier alpha value is -2.51. The zero-order chi connectivity index (χ0) is 20.5. The Bertz CT molecular complexity index is 1130. The molecule has 2 aromatic heterocycles. The molecule has 7 heteroatoms. The smallest absolute Gasteiger partial charge is 0.263 e. The minimum Gasteiger partial charge on any atom is -0.324 e. The molecule has 0 spiro atoms. The predicted octanol–water partition coefficient (Wildman–Crippen LogP) is 3.35. The lowest BCUT2D eigenvalue weighted by Crippen LogP contribution is -2.33. The van der Waals surface area contributed by atoms with Crippen molar-refractivity contribution in [3.63, 3.8) is 0 Å². The highest BCUT2D eigenvalue weighted by molar-refractivity contribution is 7.18. The number of thiophene rings is 1. The van der Waals surface area contributed by atoms with Crippen molar-refractivity contribution < 1.29 is 4.79 Å². The summed E-state index contributed by atoms with van der Waals surface area (Å²) in [6, 6.07) is 7.64. The highest BCUT2D eigenvalue weighted by atomic mass is 32.1. The first-order chi connectivity index (χ1) is 13.9. The van der Waals surface area contributed by atoms with Crippen molar-refractivity contribution in [3.05, 3.63) is 56.4 Å². The number of anilines is 1. The number of rotatable bonds is 5. The maximum atomic E-state index is 13.4. The number of carbonyl (C=O) groups excluding carboxylic acids is 1. The molecule has 0 bridgehead atoms. The van der Waals surface area contributed by atoms with Crippen LogP contribution in [0.4, 0.5) is 5.69 Å². The number of benzene rings is 1. The van der Waals surface area contributed by atoms with Crippen molar-refractivity contribution in [2.45, 2.75) is 45.7 Å². The fourth-order valence-corrected chi connectivity index (χ4v) is 5.16. The van der Waals surface area contributed by atoms with Crippen LogP contribution in [0.1, 0.15) is 34.7 Å². The highest BCUT2D eigenvalue weighted by Gasteiger charge is 2.23. The van der Waals surface area contributed by atoms with E-state index < -0.39 is 0 Å². The van der Waals surface area contributed by atoms with Gasteiger partial charge in [-0.1, -0.05) is 18.2 Å². The average Bonchev–Trinajstić information content (AvgIpc) is 3.04. The van der Waals surface area contributed by atoms with Gasteiger partial charge in [-0.3, -0.25) is 14.2 Å². The Morgan fingerprint density at radius 3 is 2.76 bits per heavy atom. The number of aromatic nitrogens is 2. The molecule has 0 unspecified atom stereocenters. The van der Waals surface area contributed by atoms with Crippen molar-refractivity contribution in [1.29, 1.82) is 0 Å². The third-order valence-corrected chi connectivity index (χ3v) is 6.52. The van der Waals surface area contributed by atoms with Crippen LogP contribution in [-0.2, 0) is 30.7 Å². The van der Waals surface area contributed by atoms with Gasteiger partial charge in [0.2, 0.25) is 5.91 Å². The zero-order valence-electron chi connectivity index (χ0n) is 17.1. The van der Waals surface area contributed by atoms with Gasteiger partial charge in [-0.15, -0.1) is 11.3 Å². The van der Waals surface area contributed by atoms with E-state index in [0.29, 0.717) is 12.4 Å². The molecule has 0 atom stereocenters. The van der Waals surface area contributed by atoms with Crippen LogP contribution in [0.2, 0.25) is 0 Å². The van der Waals surface area contributed by atoms with Gasteiger partial charge in [0.25, 0.3) is 5.56 Å². The molecular formula is C22H26N4O2S. The van der Waals surface area contributed by atoms with Gasteiger partial charge in [-0.25, -0.2) is 4.98 Å². The van der Waals surface area contributed by atoms with E-state index in [1.165, 1.54) is 4.88 Å². The molecule has 3 aromatic rings. The lowest BCUT2D eigenvalue weighted by Gasteiger charge is -2.16. The normalized spacial score (nSPS) is 13.7. The van der Waals surface area contributed by atoms with Crippen LogP contribution in [0.25, 0.3) is 10.2 Å². The third kappa shape index (κ3) is 3.97. The minimum absolute atomic E-state index is 0.0378. The first-order valence-electron chi connectivity index (χ1n) is 9.98. The molecule has 29 heavy (non-hydrogen) atoms. The van der Waals surface area contributed by atoms with Crippen LogP contribution < -0.4 is 10.9 Å². The lowest BCUT2D eigenvalue weighted by molar-refractivity contribution is -0.116. The summed E-state index contributed by atoms with van der Waals surface area (Å²) in [7, 11) is 3.88. The van der Waals surface area contributed by atoms with Crippen LogP contribution in [-0.4, -0.2) is 34.5 Å². The zero-order valence-corrected chi connectivity index (χ0v) is 17.9. The van der Waals surface area contributed by atoms with E-state index in [-0.39, 0.29) is 18.0 Å². The number of aryl methyl sites for hydroxylation is 3. The number of para-hydroxylation sites is 1. The molecule has 0 saturated heterocycles. The second kappa shape index (κ2) is 8.08. The number of amides is 1. The molecule has 0 aliphatic heterocycles. The van der Waals surface area contributed by atoms with Crippen LogP contribution in [0.15, 0.2) is 29.1 Å². The molecule has 2 heterocycles. The minimum atomic E-state index is -0.216. The summed E-state index contributed by atoms with van der Waals surface area (Å²) in [6.45, 7) is 2.42. The summed E-state index contributed by atoms with van der Waals surface area (Å²) in [6.07, 6.45) is 4.21. The van der Waals surface area contributed by atoms with E-state index in [2.05, 4.69) is 5.32 Å². The van der Waals surface area contributed by atoms with Crippen LogP contribution in [0.5, 0.6) is 0 Å². The van der Waals surface area contributed by atoms with E-state index in [9.17, 15) is 9.59 Å². The summed E-state index contributed by atoms with van der Waals surface area (Å²) < 4.78 is 1.55. The molecule has 1 amide bonds. The Kier molecular flexibility index (Phi) is 5.52. The fraction of sp³-hybridized carbons (Fsp3) is 0.409. The van der Waals surface area contributed by atoms with Gasteiger partial charge in [-0.05, 0) is 63.9 Å². The molecule has 4 rings (SSSR count). The van der Waals surface area contributed by atoms with Crippen LogP contribution >= 0.6 is 11.3 Å². The Labute approximate surface area is 174 Å². The van der Waals surface area contributed by atoms with Crippen molar-refractivity contribution in [2.75, 3.05) is 19.4 Å². The first kappa shape index (κ1) is 19.8. The second-order valence-electron chi connectivity index (χ2n) is 7.91. The largest absolute Gasteiger partial charge is 0.324 e. The number of hydrogen-bond acceptors (Lipinski definition) is 5. The van der Waals surface area contributed by atoms with Gasteiger partial charge in [0, 0.05) is 10.6 Å². The maximum Gasteiger partial charge on any atom is 0.263 e. The molecule has 0 radical (unpaired) electrons. The number of nitrogens with one attached hydrogen (secondary N) is 1. The number of hydrogen-bond donors (Lipinski definition) is 1. The molecule has 0 fully saturated rings. The SMILES string of the molecule is Cc1ccccc1NC(=O)Cn1c(CN(C)C)nc2sc3c(c2c1=O)CCCC3. The van der Waals surface area contributed by atoms with E-state index >= 15 is 0 Å². The van der Waals surface area contributed by atoms with E-state index in [4.69, 9.17) is 4.98 Å². The molecule has 1 aliphatic rings. The Balaban J connectivity index is 1.75. The highest BCUT2D eigenvalue weighted by Crippen LogP contribution is 2.33. The standard InChI is InChI=1S/C22H26N4O2S/c1-14-8-4-6-10-16(14)23-19(27)13-26-18(12-25(2)3)24-21-20(22(26)28)15-9-5-7-11-17(15)29-21/h4,6,8,10H,5,7,9,11-13H2,1-3H3,(H,23,27). The molecule has 6 nitrogen and oxygen atoms in total. The topological polar surface area (TPSA) is 67.2 Å². The van der Waals surface area contributed by atoms with E-state index in [1.807, 2.05) is 50.2 Å². The molecule has 1 aliphatic carbocycles. The van der Waals surface area contributed by atoms with E-state index in [1.54, 1.807) is 15.9 Å². The quantitative estimate of drug-likeness (QED) is 0.701. The summed E-state index contributed by atoms with van der Waals surface area (Å²) in [5.41, 5.74) is 2.81. The molecule has 1 aromatic carbocycles. The van der Waals surface area contributed by atoms with E-state index in [0.717, 1.165) is 52.7 Å². The number of nitrogens with zero attached hydrogens (tertiary/aromatic N) is 3. The van der Waals surface area contributed by atoms with Gasteiger partial charge in [0.1, 0.15) is 17.2 Å². The average molecular weight is 411 g/mol. The summed E-state index contributed by atoms with van der Waals surface area (Å²) in [5, 5.41) is 3.65. The van der Waals surface area contributed by atoms with Gasteiger partial charge in [0.05, 0.1) is 11.9 Å². The molecule has 152 valence electrons. The number of fused-ring (bicyclic) bond motifs is 3. The summed E-state index contributed by atoms with van der Waals surface area (Å²) >= 11 is 1.64. The Morgan fingerprint density at radius 2 is 2.00 bits per heavy atom. The van der Waals surface area contributed by atoms with Gasteiger partial charge >= 0.3 is 0 Å². The molecule has 1 N–H and O–H groups in total. The lowest BCUT2D eigenvalue weighted by atomic mass is 9.97. The second-order valence-corrected chi connectivity index (χ2v) is 8.99. The third-order valence-electron chi connectivity index (χ3n) is 5.33. The van der Waals surface area contributed by atoms with Gasteiger partial charge in [-0.2, -0.15) is 0 Å². The van der Waals surface area contributed by atoms with Gasteiger partial charge < -0.3 is 10.2 Å². The van der Waals surface area contributed by atoms with Crippen LogP contribution in [0.3, 0.4) is 0 Å². The van der Waals surface area contributed by atoms with Crippen molar-refractivity contribution in [1.82, 2.24) is 14.5 Å². The Morgan fingerprint density at radius 1 is 1.24 bits per heavy atom. The van der Waals surface area contributed by atoms with Crippen molar-refractivity contribution in [3.8, 4) is 0 Å². The molecule has 0 saturated carbocycles. The number of carbonyl (C=O) groups is 1. The predicted molar refractivity (Wildman–Crippen MR) is 118 cm³/mol. The molecular weight excluding hydrogens is 384 g/mol. The summed E-state index contributed by atoms with van der Waals surface area (Å²) in [4.78, 5) is 35.1. The van der Waals surface area contributed by atoms with Crippen LogP contribution in [0, 0.1) is 6.92 Å². The monoisotopic (exact) mass is 410 g/mol.